The van der Waals surface area contributed by atoms with Crippen LogP contribution >= 0.6 is 11.6 Å². The molecule has 1 heterocycles. The van der Waals surface area contributed by atoms with E-state index in [0.717, 1.165) is 23.2 Å². The SMILES string of the molecule is Clc1nc(OCCC2CC2)c2ccccc2n1. The molecule has 88 valence electrons. The highest BCUT2D eigenvalue weighted by molar-refractivity contribution is 6.28. The standard InChI is InChI=1S/C13H13ClN2O/c14-13-15-11-4-2-1-3-10(11)12(16-13)17-8-7-9-5-6-9/h1-4,9H,5-8H2. The number of rotatable bonds is 4. The normalized spacial score (nSPS) is 15.1. The van der Waals surface area contributed by atoms with Gasteiger partial charge in [-0.15, -0.1) is 0 Å². The molecular weight excluding hydrogens is 236 g/mol. The van der Waals surface area contributed by atoms with Crippen molar-refractivity contribution in [3.8, 4) is 5.88 Å². The molecule has 0 atom stereocenters. The first kappa shape index (κ1) is 10.8. The molecule has 1 aromatic heterocycles. The molecule has 0 bridgehead atoms. The second-order valence-electron chi connectivity index (χ2n) is 4.40. The average molecular weight is 249 g/mol. The number of nitrogens with zero attached hydrogens (tertiary/aromatic N) is 2. The Morgan fingerprint density at radius 1 is 1.24 bits per heavy atom. The van der Waals surface area contributed by atoms with E-state index in [9.17, 15) is 0 Å². The molecular formula is C13H13ClN2O. The second-order valence-corrected chi connectivity index (χ2v) is 4.73. The van der Waals surface area contributed by atoms with Gasteiger partial charge in [-0.25, -0.2) is 4.98 Å². The number of hydrogen-bond acceptors (Lipinski definition) is 3. The highest BCUT2D eigenvalue weighted by Crippen LogP contribution is 2.32. The summed E-state index contributed by atoms with van der Waals surface area (Å²) >= 11 is 5.88. The third-order valence-electron chi connectivity index (χ3n) is 3.00. The molecule has 3 rings (SSSR count). The molecule has 4 heteroatoms. The number of ether oxygens (including phenoxy) is 1. The molecule has 0 saturated heterocycles. The first-order chi connectivity index (χ1) is 8.33. The molecule has 1 saturated carbocycles. The van der Waals surface area contributed by atoms with Crippen molar-refractivity contribution in [2.75, 3.05) is 6.61 Å². The number of hydrogen-bond donors (Lipinski definition) is 0. The molecule has 0 unspecified atom stereocenters. The van der Waals surface area contributed by atoms with Gasteiger partial charge in [0.1, 0.15) is 0 Å². The van der Waals surface area contributed by atoms with Crippen molar-refractivity contribution in [1.82, 2.24) is 9.97 Å². The zero-order valence-electron chi connectivity index (χ0n) is 9.40. The van der Waals surface area contributed by atoms with Crippen molar-refractivity contribution in [3.63, 3.8) is 0 Å². The first-order valence-corrected chi connectivity index (χ1v) is 6.26. The third-order valence-corrected chi connectivity index (χ3v) is 3.17. The van der Waals surface area contributed by atoms with Crippen molar-refractivity contribution in [2.45, 2.75) is 19.3 Å². The maximum atomic E-state index is 5.88. The molecule has 1 fully saturated rings. The predicted octanol–water partition coefficient (Wildman–Crippen LogP) is 3.46. The largest absolute Gasteiger partial charge is 0.477 e. The maximum absolute atomic E-state index is 5.88. The van der Waals surface area contributed by atoms with E-state index in [1.807, 2.05) is 24.3 Å². The van der Waals surface area contributed by atoms with E-state index in [0.29, 0.717) is 12.5 Å². The summed E-state index contributed by atoms with van der Waals surface area (Å²) in [6, 6.07) is 7.75. The van der Waals surface area contributed by atoms with Gasteiger partial charge in [0.2, 0.25) is 11.2 Å². The van der Waals surface area contributed by atoms with E-state index in [2.05, 4.69) is 9.97 Å². The lowest BCUT2D eigenvalue weighted by Gasteiger charge is -2.07. The van der Waals surface area contributed by atoms with Crippen LogP contribution in [0.1, 0.15) is 19.3 Å². The van der Waals surface area contributed by atoms with Crippen molar-refractivity contribution in [2.24, 2.45) is 5.92 Å². The third kappa shape index (κ3) is 2.50. The minimum atomic E-state index is 0.241. The fourth-order valence-electron chi connectivity index (χ4n) is 1.86. The summed E-state index contributed by atoms with van der Waals surface area (Å²) < 4.78 is 5.72. The van der Waals surface area contributed by atoms with Gasteiger partial charge in [0, 0.05) is 0 Å². The predicted molar refractivity (Wildman–Crippen MR) is 67.4 cm³/mol. The van der Waals surface area contributed by atoms with Crippen molar-refractivity contribution in [3.05, 3.63) is 29.5 Å². The summed E-state index contributed by atoms with van der Waals surface area (Å²) in [7, 11) is 0. The van der Waals surface area contributed by atoms with Crippen LogP contribution in [0.15, 0.2) is 24.3 Å². The lowest BCUT2D eigenvalue weighted by atomic mass is 10.2. The minimum Gasteiger partial charge on any atom is -0.477 e. The fourth-order valence-corrected chi connectivity index (χ4v) is 2.03. The quantitative estimate of drug-likeness (QED) is 0.778. The van der Waals surface area contributed by atoms with Gasteiger partial charge in [-0.2, -0.15) is 4.98 Å². The Morgan fingerprint density at radius 3 is 2.88 bits per heavy atom. The van der Waals surface area contributed by atoms with Gasteiger partial charge in [-0.1, -0.05) is 25.0 Å². The van der Waals surface area contributed by atoms with Crippen LogP contribution in [-0.2, 0) is 0 Å². The van der Waals surface area contributed by atoms with Crippen molar-refractivity contribution in [1.29, 1.82) is 0 Å². The van der Waals surface area contributed by atoms with E-state index in [1.54, 1.807) is 0 Å². The van der Waals surface area contributed by atoms with Gasteiger partial charge in [0.25, 0.3) is 0 Å². The van der Waals surface area contributed by atoms with E-state index < -0.39 is 0 Å². The highest BCUT2D eigenvalue weighted by atomic mass is 35.5. The lowest BCUT2D eigenvalue weighted by Crippen LogP contribution is -2.01. The zero-order valence-corrected chi connectivity index (χ0v) is 10.2. The van der Waals surface area contributed by atoms with E-state index in [4.69, 9.17) is 16.3 Å². The maximum Gasteiger partial charge on any atom is 0.226 e. The van der Waals surface area contributed by atoms with Gasteiger partial charge < -0.3 is 4.74 Å². The van der Waals surface area contributed by atoms with Gasteiger partial charge in [-0.3, -0.25) is 0 Å². The van der Waals surface area contributed by atoms with Crippen LogP contribution in [0.4, 0.5) is 0 Å². The van der Waals surface area contributed by atoms with E-state index >= 15 is 0 Å². The molecule has 0 radical (unpaired) electrons. The van der Waals surface area contributed by atoms with Crippen molar-refractivity contribution < 1.29 is 4.74 Å². The van der Waals surface area contributed by atoms with Crippen LogP contribution in [0.5, 0.6) is 5.88 Å². The number of benzene rings is 1. The van der Waals surface area contributed by atoms with Crippen LogP contribution in [-0.4, -0.2) is 16.6 Å². The molecule has 2 aromatic rings. The minimum absolute atomic E-state index is 0.241. The summed E-state index contributed by atoms with van der Waals surface area (Å²) in [6.07, 6.45) is 3.79. The van der Waals surface area contributed by atoms with Crippen LogP contribution < -0.4 is 4.74 Å². The smallest absolute Gasteiger partial charge is 0.226 e. The van der Waals surface area contributed by atoms with Gasteiger partial charge >= 0.3 is 0 Å². The Labute approximate surface area is 105 Å². The Morgan fingerprint density at radius 2 is 2.06 bits per heavy atom. The Bertz CT molecular complexity index is 540. The molecule has 1 aromatic carbocycles. The molecule has 0 amide bonds. The molecule has 0 aliphatic heterocycles. The lowest BCUT2D eigenvalue weighted by molar-refractivity contribution is 0.295. The van der Waals surface area contributed by atoms with E-state index in [-0.39, 0.29) is 5.28 Å². The number of halogens is 1. The molecule has 1 aliphatic carbocycles. The fraction of sp³-hybridized carbons (Fsp3) is 0.385. The summed E-state index contributed by atoms with van der Waals surface area (Å²) in [5.74, 6) is 1.46. The van der Waals surface area contributed by atoms with Crippen LogP contribution in [0.2, 0.25) is 5.28 Å². The van der Waals surface area contributed by atoms with Crippen LogP contribution in [0.3, 0.4) is 0 Å². The molecule has 0 spiro atoms. The van der Waals surface area contributed by atoms with Gasteiger partial charge in [-0.05, 0) is 36.1 Å². The van der Waals surface area contributed by atoms with Crippen molar-refractivity contribution >= 4 is 22.5 Å². The first-order valence-electron chi connectivity index (χ1n) is 5.88. The molecule has 17 heavy (non-hydrogen) atoms. The molecule has 3 nitrogen and oxygen atoms in total. The molecule has 1 aliphatic rings. The van der Waals surface area contributed by atoms with Gasteiger partial charge in [0.05, 0.1) is 17.5 Å². The number of para-hydroxylation sites is 1. The summed E-state index contributed by atoms with van der Waals surface area (Å²) in [6.45, 7) is 0.710. The summed E-state index contributed by atoms with van der Waals surface area (Å²) in [5.41, 5.74) is 0.828. The van der Waals surface area contributed by atoms with Crippen LogP contribution in [0.25, 0.3) is 10.9 Å². The topological polar surface area (TPSA) is 35.0 Å². The zero-order chi connectivity index (χ0) is 11.7. The van der Waals surface area contributed by atoms with Gasteiger partial charge in [0.15, 0.2) is 0 Å². The second kappa shape index (κ2) is 4.49. The number of fused-ring (bicyclic) bond motifs is 1. The van der Waals surface area contributed by atoms with Crippen LogP contribution in [0, 0.1) is 5.92 Å². The summed E-state index contributed by atoms with van der Waals surface area (Å²) in [5, 5.41) is 1.16. The Balaban J connectivity index is 1.85. The molecule has 0 N–H and O–H groups in total. The highest BCUT2D eigenvalue weighted by Gasteiger charge is 2.21. The van der Waals surface area contributed by atoms with E-state index in [1.165, 1.54) is 12.8 Å². The Kier molecular flexibility index (Phi) is 2.85. The summed E-state index contributed by atoms with van der Waals surface area (Å²) in [4.78, 5) is 8.32. The monoisotopic (exact) mass is 248 g/mol. The Hall–Kier alpha value is -1.35. The average Bonchev–Trinajstić information content (AvgIpc) is 3.13. The number of aromatic nitrogens is 2.